The van der Waals surface area contributed by atoms with Crippen molar-refractivity contribution in [3.05, 3.63) is 53.8 Å². The van der Waals surface area contributed by atoms with E-state index in [-0.39, 0.29) is 23.9 Å². The average molecular weight is 515 g/mol. The monoisotopic (exact) mass is 514 g/mol. The SMILES string of the molecule is CC(CC(C(=O)Nc1ccn(CC(C)(C)O)n1)n1cc(Oc2ccccc2Cl)cc1O)C(F)(F)F. The minimum absolute atomic E-state index is 0.0857. The molecule has 0 spiro atoms. The van der Waals surface area contributed by atoms with Gasteiger partial charge in [-0.2, -0.15) is 18.3 Å². The molecule has 0 aliphatic rings. The number of anilines is 1. The predicted octanol–water partition coefficient (Wildman–Crippen LogP) is 5.38. The van der Waals surface area contributed by atoms with Crippen LogP contribution in [0, 0.1) is 5.92 Å². The maximum Gasteiger partial charge on any atom is 0.391 e. The largest absolute Gasteiger partial charge is 0.494 e. The van der Waals surface area contributed by atoms with Crippen LogP contribution in [-0.4, -0.2) is 42.2 Å². The topological polar surface area (TPSA) is 102 Å². The predicted molar refractivity (Wildman–Crippen MR) is 124 cm³/mol. The number of para-hydroxylation sites is 1. The van der Waals surface area contributed by atoms with E-state index in [0.29, 0.717) is 5.02 Å². The third-order valence-electron chi connectivity index (χ3n) is 5.08. The minimum atomic E-state index is -4.55. The van der Waals surface area contributed by atoms with Crippen LogP contribution < -0.4 is 10.1 Å². The van der Waals surface area contributed by atoms with Crippen molar-refractivity contribution in [3.63, 3.8) is 0 Å². The lowest BCUT2D eigenvalue weighted by molar-refractivity contribution is -0.173. The Hall–Kier alpha value is -3.18. The summed E-state index contributed by atoms with van der Waals surface area (Å²) in [6.45, 7) is 4.26. The molecular formula is C23H26ClF3N4O4. The summed E-state index contributed by atoms with van der Waals surface area (Å²) in [5, 5.41) is 27.3. The van der Waals surface area contributed by atoms with Gasteiger partial charge < -0.3 is 24.8 Å². The second kappa shape index (κ2) is 10.2. The maximum atomic E-state index is 13.3. The van der Waals surface area contributed by atoms with Gasteiger partial charge in [0.1, 0.15) is 17.5 Å². The van der Waals surface area contributed by atoms with E-state index in [1.807, 2.05) is 0 Å². The van der Waals surface area contributed by atoms with Crippen molar-refractivity contribution in [1.29, 1.82) is 0 Å². The molecule has 0 fully saturated rings. The number of rotatable bonds is 9. The van der Waals surface area contributed by atoms with Gasteiger partial charge in [0, 0.05) is 18.3 Å². The van der Waals surface area contributed by atoms with Crippen LogP contribution in [0.4, 0.5) is 19.0 Å². The number of alkyl halides is 3. The van der Waals surface area contributed by atoms with E-state index in [4.69, 9.17) is 16.3 Å². The van der Waals surface area contributed by atoms with Gasteiger partial charge in [0.15, 0.2) is 11.7 Å². The van der Waals surface area contributed by atoms with E-state index in [9.17, 15) is 28.2 Å². The smallest absolute Gasteiger partial charge is 0.391 e. The highest BCUT2D eigenvalue weighted by atomic mass is 35.5. The lowest BCUT2D eigenvalue weighted by Gasteiger charge is -2.23. The van der Waals surface area contributed by atoms with Gasteiger partial charge in [-0.1, -0.05) is 30.7 Å². The van der Waals surface area contributed by atoms with Crippen molar-refractivity contribution in [1.82, 2.24) is 14.3 Å². The Morgan fingerprint density at radius 2 is 1.94 bits per heavy atom. The summed E-state index contributed by atoms with van der Waals surface area (Å²) in [6, 6.07) is 7.74. The van der Waals surface area contributed by atoms with Gasteiger partial charge >= 0.3 is 6.18 Å². The lowest BCUT2D eigenvalue weighted by Crippen LogP contribution is -2.31. The summed E-state index contributed by atoms with van der Waals surface area (Å²) in [6.07, 6.45) is -2.44. The first-order valence-electron chi connectivity index (χ1n) is 10.7. The minimum Gasteiger partial charge on any atom is -0.494 e. The second-order valence-electron chi connectivity index (χ2n) is 8.87. The molecule has 0 aliphatic heterocycles. The molecule has 35 heavy (non-hydrogen) atoms. The van der Waals surface area contributed by atoms with Crippen LogP contribution in [-0.2, 0) is 11.3 Å². The number of ether oxygens (including phenoxy) is 1. The van der Waals surface area contributed by atoms with E-state index < -0.39 is 41.9 Å². The molecule has 8 nitrogen and oxygen atoms in total. The number of halogens is 4. The lowest BCUT2D eigenvalue weighted by atomic mass is 10.0. The number of hydrogen-bond donors (Lipinski definition) is 3. The van der Waals surface area contributed by atoms with E-state index in [1.54, 1.807) is 38.1 Å². The van der Waals surface area contributed by atoms with Crippen LogP contribution in [0.1, 0.15) is 33.2 Å². The molecule has 0 bridgehead atoms. The molecule has 3 N–H and O–H groups in total. The van der Waals surface area contributed by atoms with Crippen molar-refractivity contribution in [2.75, 3.05) is 5.32 Å². The van der Waals surface area contributed by atoms with E-state index in [2.05, 4.69) is 10.4 Å². The third kappa shape index (κ3) is 7.15. The van der Waals surface area contributed by atoms with Crippen LogP contribution >= 0.6 is 11.6 Å². The molecule has 0 saturated carbocycles. The Labute approximate surface area is 204 Å². The molecule has 3 rings (SSSR count). The zero-order chi connectivity index (χ0) is 26.0. The van der Waals surface area contributed by atoms with Crippen LogP contribution in [0.2, 0.25) is 5.02 Å². The zero-order valence-electron chi connectivity index (χ0n) is 19.3. The van der Waals surface area contributed by atoms with Crippen LogP contribution in [0.3, 0.4) is 0 Å². The number of carbonyl (C=O) groups excluding carboxylic acids is 1. The highest BCUT2D eigenvalue weighted by Crippen LogP contribution is 2.37. The number of nitrogens with one attached hydrogen (secondary N) is 1. The van der Waals surface area contributed by atoms with E-state index in [1.165, 1.54) is 29.2 Å². The van der Waals surface area contributed by atoms with Gasteiger partial charge in [-0.3, -0.25) is 9.48 Å². The Morgan fingerprint density at radius 3 is 2.57 bits per heavy atom. The second-order valence-corrected chi connectivity index (χ2v) is 9.28. The number of aromatic nitrogens is 3. The van der Waals surface area contributed by atoms with Crippen LogP contribution in [0.5, 0.6) is 17.4 Å². The Morgan fingerprint density at radius 1 is 1.26 bits per heavy atom. The number of benzene rings is 1. The summed E-state index contributed by atoms with van der Waals surface area (Å²) >= 11 is 6.08. The van der Waals surface area contributed by atoms with Crippen molar-refractivity contribution in [3.8, 4) is 17.4 Å². The van der Waals surface area contributed by atoms with Gasteiger partial charge in [-0.05, 0) is 32.4 Å². The van der Waals surface area contributed by atoms with Gasteiger partial charge in [0.25, 0.3) is 0 Å². The van der Waals surface area contributed by atoms with Crippen molar-refractivity contribution < 1.29 is 32.9 Å². The molecule has 2 unspecified atom stereocenters. The fraction of sp³-hybridized carbons (Fsp3) is 0.391. The molecule has 2 atom stereocenters. The molecule has 190 valence electrons. The Kier molecular flexibility index (Phi) is 7.71. The standard InChI is InChI=1S/C23H26ClF3N4O4/c1-14(23(25,26)27)10-17(21(33)28-19-8-9-30(29-19)13-22(2,3)34)31-12-15(11-20(31)32)35-18-7-5-4-6-16(18)24/h4-9,11-12,14,17,32,34H,10,13H2,1-3H3,(H,28,29,33). The van der Waals surface area contributed by atoms with Crippen LogP contribution in [0.25, 0.3) is 0 Å². The first kappa shape index (κ1) is 26.4. The number of carbonyl (C=O) groups is 1. The Balaban J connectivity index is 1.86. The fourth-order valence-electron chi connectivity index (χ4n) is 3.34. The van der Waals surface area contributed by atoms with E-state index in [0.717, 1.165) is 11.5 Å². The van der Waals surface area contributed by atoms with Gasteiger partial charge in [-0.15, -0.1) is 0 Å². The number of aliphatic hydroxyl groups is 1. The molecule has 1 amide bonds. The van der Waals surface area contributed by atoms with E-state index >= 15 is 0 Å². The summed E-state index contributed by atoms with van der Waals surface area (Å²) in [4.78, 5) is 13.1. The molecule has 2 heterocycles. The average Bonchev–Trinajstić information content (AvgIpc) is 3.31. The van der Waals surface area contributed by atoms with Crippen molar-refractivity contribution >= 4 is 23.3 Å². The normalized spacial score (nSPS) is 13.9. The molecular weight excluding hydrogens is 489 g/mol. The maximum absolute atomic E-state index is 13.3. The fourth-order valence-corrected chi connectivity index (χ4v) is 3.51. The molecule has 1 aromatic carbocycles. The molecule has 3 aromatic rings. The molecule has 0 saturated heterocycles. The highest BCUT2D eigenvalue weighted by Gasteiger charge is 2.40. The van der Waals surface area contributed by atoms with Gasteiger partial charge in [0.05, 0.1) is 29.3 Å². The summed E-state index contributed by atoms with van der Waals surface area (Å²) in [7, 11) is 0. The third-order valence-corrected chi connectivity index (χ3v) is 5.39. The van der Waals surface area contributed by atoms with Gasteiger partial charge in [0.2, 0.25) is 5.91 Å². The molecule has 2 aromatic heterocycles. The number of hydrogen-bond acceptors (Lipinski definition) is 5. The summed E-state index contributed by atoms with van der Waals surface area (Å²) in [5.41, 5.74) is -1.06. The zero-order valence-corrected chi connectivity index (χ0v) is 20.0. The molecule has 0 aliphatic carbocycles. The molecule has 12 heteroatoms. The first-order chi connectivity index (χ1) is 16.2. The summed E-state index contributed by atoms with van der Waals surface area (Å²) in [5.74, 6) is -2.68. The quantitative estimate of drug-likeness (QED) is 0.356. The van der Waals surface area contributed by atoms with Crippen molar-refractivity contribution in [2.24, 2.45) is 5.92 Å². The summed E-state index contributed by atoms with van der Waals surface area (Å²) < 4.78 is 48.0. The number of nitrogens with zero attached hydrogens (tertiary/aromatic N) is 3. The van der Waals surface area contributed by atoms with Crippen LogP contribution in [0.15, 0.2) is 48.8 Å². The first-order valence-corrected chi connectivity index (χ1v) is 11.1. The highest BCUT2D eigenvalue weighted by molar-refractivity contribution is 6.32. The molecule has 0 radical (unpaired) electrons. The number of aromatic hydroxyl groups is 1. The van der Waals surface area contributed by atoms with Crippen molar-refractivity contribution in [2.45, 2.75) is 51.6 Å². The number of amides is 1. The van der Waals surface area contributed by atoms with Gasteiger partial charge in [-0.25, -0.2) is 0 Å². The Bertz CT molecular complexity index is 1170.